The summed E-state index contributed by atoms with van der Waals surface area (Å²) in [5.74, 6) is -0.0171. The number of dihydropyridines is 1. The van der Waals surface area contributed by atoms with Crippen LogP contribution in [0.25, 0.3) is 0 Å². The summed E-state index contributed by atoms with van der Waals surface area (Å²) >= 11 is 0. The van der Waals surface area contributed by atoms with Crippen LogP contribution in [0.15, 0.2) is 77.1 Å². The monoisotopic (exact) mass is 417 g/mol. The number of carbonyl (C=O) groups excluding carboxylic acids is 2. The van der Waals surface area contributed by atoms with Crippen molar-refractivity contribution in [2.24, 2.45) is 0 Å². The first kappa shape index (κ1) is 20.9. The van der Waals surface area contributed by atoms with Gasteiger partial charge in [-0.1, -0.05) is 42.5 Å². The molecule has 0 bridgehead atoms. The number of rotatable bonds is 5. The molecule has 0 saturated heterocycles. The van der Waals surface area contributed by atoms with Crippen molar-refractivity contribution in [3.05, 3.63) is 88.3 Å². The minimum atomic E-state index is -0.477. The van der Waals surface area contributed by atoms with Crippen LogP contribution in [0.4, 0.5) is 0 Å². The molecule has 2 aromatic carbocycles. The maximum absolute atomic E-state index is 13.5. The highest BCUT2D eigenvalue weighted by Crippen LogP contribution is 2.46. The fourth-order valence-electron chi connectivity index (χ4n) is 4.63. The number of allylic oxidation sites excluding steroid dienone is 3. The zero-order valence-electron chi connectivity index (χ0n) is 18.1. The van der Waals surface area contributed by atoms with E-state index in [9.17, 15) is 9.59 Å². The molecule has 31 heavy (non-hydrogen) atoms. The van der Waals surface area contributed by atoms with E-state index in [1.807, 2.05) is 49.4 Å². The fraction of sp³-hybridized carbons (Fsp3) is 0.308. The highest BCUT2D eigenvalue weighted by Gasteiger charge is 2.41. The van der Waals surface area contributed by atoms with E-state index >= 15 is 0 Å². The Balaban J connectivity index is 1.81. The number of hydrogen-bond acceptors (Lipinski definition) is 5. The lowest BCUT2D eigenvalue weighted by Gasteiger charge is -2.36. The molecule has 160 valence electrons. The van der Waals surface area contributed by atoms with E-state index < -0.39 is 11.9 Å². The molecule has 1 heterocycles. The van der Waals surface area contributed by atoms with E-state index in [1.165, 1.54) is 0 Å². The van der Waals surface area contributed by atoms with Crippen molar-refractivity contribution in [3.63, 3.8) is 0 Å². The van der Waals surface area contributed by atoms with Gasteiger partial charge in [0.1, 0.15) is 5.75 Å². The van der Waals surface area contributed by atoms with Gasteiger partial charge >= 0.3 is 5.97 Å². The highest BCUT2D eigenvalue weighted by molar-refractivity contribution is 6.04. The largest absolute Gasteiger partial charge is 0.497 e. The SMILES string of the molecule is CCOC(=O)C1=C(C)NC2=C(C(=O)C[C@H](c3ccccc3)C2)[C@@H]1c1cccc(OC)c1. The van der Waals surface area contributed by atoms with E-state index in [0.717, 1.165) is 28.9 Å². The molecule has 0 aromatic heterocycles. The molecule has 5 nitrogen and oxygen atoms in total. The topological polar surface area (TPSA) is 64.6 Å². The van der Waals surface area contributed by atoms with E-state index in [2.05, 4.69) is 17.4 Å². The van der Waals surface area contributed by atoms with Crippen LogP contribution < -0.4 is 10.1 Å². The number of ketones is 1. The van der Waals surface area contributed by atoms with E-state index in [4.69, 9.17) is 9.47 Å². The van der Waals surface area contributed by atoms with Crippen LogP contribution in [-0.4, -0.2) is 25.5 Å². The molecule has 2 aliphatic rings. The van der Waals surface area contributed by atoms with Crippen LogP contribution in [0.3, 0.4) is 0 Å². The van der Waals surface area contributed by atoms with Gasteiger partial charge in [-0.05, 0) is 49.4 Å². The molecule has 1 aliphatic carbocycles. The van der Waals surface area contributed by atoms with E-state index in [1.54, 1.807) is 14.0 Å². The van der Waals surface area contributed by atoms with Crippen LogP contribution >= 0.6 is 0 Å². The number of nitrogens with one attached hydrogen (secondary N) is 1. The van der Waals surface area contributed by atoms with E-state index in [-0.39, 0.29) is 18.3 Å². The lowest BCUT2D eigenvalue weighted by atomic mass is 9.71. The lowest BCUT2D eigenvalue weighted by molar-refractivity contribution is -0.138. The van der Waals surface area contributed by atoms with E-state index in [0.29, 0.717) is 23.3 Å². The van der Waals surface area contributed by atoms with Gasteiger partial charge in [0.2, 0.25) is 0 Å². The van der Waals surface area contributed by atoms with Gasteiger partial charge in [0.05, 0.1) is 19.3 Å². The Kier molecular flexibility index (Phi) is 5.94. The van der Waals surface area contributed by atoms with Crippen molar-refractivity contribution in [1.82, 2.24) is 5.32 Å². The summed E-state index contributed by atoms with van der Waals surface area (Å²) in [5.41, 5.74) is 4.77. The zero-order valence-corrected chi connectivity index (χ0v) is 18.1. The van der Waals surface area contributed by atoms with Gasteiger partial charge in [-0.15, -0.1) is 0 Å². The van der Waals surface area contributed by atoms with Crippen LogP contribution in [0.5, 0.6) is 5.75 Å². The van der Waals surface area contributed by atoms with Crippen molar-refractivity contribution >= 4 is 11.8 Å². The van der Waals surface area contributed by atoms with Crippen LogP contribution in [0.2, 0.25) is 0 Å². The Labute approximate surface area is 182 Å². The van der Waals surface area contributed by atoms with Gasteiger partial charge in [0, 0.05) is 29.3 Å². The average molecular weight is 418 g/mol. The van der Waals surface area contributed by atoms with Crippen molar-refractivity contribution < 1.29 is 19.1 Å². The number of benzene rings is 2. The zero-order chi connectivity index (χ0) is 22.0. The maximum Gasteiger partial charge on any atom is 0.336 e. The molecule has 0 radical (unpaired) electrons. The second-order valence-electron chi connectivity index (χ2n) is 7.93. The number of methoxy groups -OCH3 is 1. The van der Waals surface area contributed by atoms with Gasteiger partial charge in [-0.25, -0.2) is 4.79 Å². The first-order valence-electron chi connectivity index (χ1n) is 10.6. The highest BCUT2D eigenvalue weighted by atomic mass is 16.5. The molecule has 2 aromatic rings. The molecule has 4 rings (SSSR count). The first-order chi connectivity index (χ1) is 15.0. The summed E-state index contributed by atoms with van der Waals surface area (Å²) in [7, 11) is 1.61. The second-order valence-corrected chi connectivity index (χ2v) is 7.93. The molecule has 0 unspecified atom stereocenters. The molecule has 2 atom stereocenters. The van der Waals surface area contributed by atoms with Gasteiger partial charge in [0.15, 0.2) is 5.78 Å². The smallest absolute Gasteiger partial charge is 0.336 e. The Bertz CT molecular complexity index is 1070. The Morgan fingerprint density at radius 2 is 1.81 bits per heavy atom. The summed E-state index contributed by atoms with van der Waals surface area (Å²) in [6, 6.07) is 17.7. The van der Waals surface area contributed by atoms with Crippen LogP contribution in [0.1, 0.15) is 49.7 Å². The molecule has 0 spiro atoms. The molecular weight excluding hydrogens is 390 g/mol. The Hall–Kier alpha value is -3.34. The van der Waals surface area contributed by atoms with Crippen molar-refractivity contribution in [3.8, 4) is 5.75 Å². The molecule has 1 N–H and O–H groups in total. The molecule has 0 amide bonds. The summed E-state index contributed by atoms with van der Waals surface area (Å²) in [4.78, 5) is 26.4. The number of carbonyl (C=O) groups is 2. The molecule has 0 fully saturated rings. The summed E-state index contributed by atoms with van der Waals surface area (Å²) in [6.07, 6.45) is 1.14. The third-order valence-corrected chi connectivity index (χ3v) is 6.02. The standard InChI is InChI=1S/C26H27NO4/c1-4-31-26(29)23-16(2)27-21-14-19(17-9-6-5-7-10-17)15-22(28)25(21)24(23)18-11-8-12-20(13-18)30-3/h5-13,19,24,27H,4,14-15H2,1-3H3/t19-,24-/m1/s1. The third kappa shape index (κ3) is 4.00. The average Bonchev–Trinajstić information content (AvgIpc) is 2.78. The van der Waals surface area contributed by atoms with Crippen molar-refractivity contribution in [2.75, 3.05) is 13.7 Å². The number of ether oxygens (including phenoxy) is 2. The maximum atomic E-state index is 13.5. The molecule has 0 saturated carbocycles. The number of hydrogen-bond donors (Lipinski definition) is 1. The van der Waals surface area contributed by atoms with Gasteiger partial charge in [0.25, 0.3) is 0 Å². The fourth-order valence-corrected chi connectivity index (χ4v) is 4.63. The van der Waals surface area contributed by atoms with Crippen molar-refractivity contribution in [1.29, 1.82) is 0 Å². The summed E-state index contributed by atoms with van der Waals surface area (Å²) in [5, 5.41) is 3.37. The third-order valence-electron chi connectivity index (χ3n) is 6.02. The van der Waals surface area contributed by atoms with Crippen molar-refractivity contribution in [2.45, 2.75) is 38.5 Å². The Morgan fingerprint density at radius 3 is 2.52 bits per heavy atom. The Morgan fingerprint density at radius 1 is 1.06 bits per heavy atom. The van der Waals surface area contributed by atoms with Gasteiger partial charge in [-0.2, -0.15) is 0 Å². The normalized spacial score (nSPS) is 20.8. The van der Waals surface area contributed by atoms with Crippen LogP contribution in [0, 0.1) is 0 Å². The molecule has 1 aliphatic heterocycles. The minimum Gasteiger partial charge on any atom is -0.497 e. The predicted octanol–water partition coefficient (Wildman–Crippen LogP) is 4.62. The number of Topliss-reactive ketones (excluding diaryl/α,β-unsaturated/α-hetero) is 1. The van der Waals surface area contributed by atoms with Gasteiger partial charge < -0.3 is 14.8 Å². The minimum absolute atomic E-state index is 0.0599. The number of esters is 1. The summed E-state index contributed by atoms with van der Waals surface area (Å²) < 4.78 is 10.8. The second kappa shape index (κ2) is 8.80. The van der Waals surface area contributed by atoms with Crippen LogP contribution in [-0.2, 0) is 14.3 Å². The lowest BCUT2D eigenvalue weighted by Crippen LogP contribution is -2.36. The first-order valence-corrected chi connectivity index (χ1v) is 10.6. The molecular formula is C26H27NO4. The summed E-state index contributed by atoms with van der Waals surface area (Å²) in [6.45, 7) is 3.93. The quantitative estimate of drug-likeness (QED) is 0.719. The molecule has 5 heteroatoms. The van der Waals surface area contributed by atoms with Gasteiger partial charge in [-0.3, -0.25) is 4.79 Å². The predicted molar refractivity (Wildman–Crippen MR) is 119 cm³/mol.